The maximum absolute atomic E-state index is 5.72. The molecule has 0 spiro atoms. The number of nitrogens with two attached hydrogens (primary N) is 1. The van der Waals surface area contributed by atoms with Crippen LogP contribution in [-0.4, -0.2) is 25.0 Å². The highest BCUT2D eigenvalue weighted by molar-refractivity contribution is 5.44. The lowest BCUT2D eigenvalue weighted by Gasteiger charge is -2.10. The Morgan fingerprint density at radius 2 is 2.00 bits per heavy atom. The Labute approximate surface area is 109 Å². The number of benzene rings is 1. The summed E-state index contributed by atoms with van der Waals surface area (Å²) < 4.78 is 1.61. The molecule has 0 amide bonds. The van der Waals surface area contributed by atoms with Crippen LogP contribution in [0, 0.1) is 0 Å². The molecule has 2 aromatic heterocycles. The lowest BCUT2D eigenvalue weighted by molar-refractivity contribution is 0.818. The van der Waals surface area contributed by atoms with E-state index in [1.165, 1.54) is 0 Å². The van der Waals surface area contributed by atoms with E-state index in [-0.39, 0.29) is 0 Å². The van der Waals surface area contributed by atoms with Crippen molar-refractivity contribution in [1.29, 1.82) is 0 Å². The first-order valence-corrected chi connectivity index (χ1v) is 5.91. The number of aromatic nitrogens is 5. The van der Waals surface area contributed by atoms with Gasteiger partial charge in [-0.3, -0.25) is 4.98 Å². The van der Waals surface area contributed by atoms with Crippen molar-refractivity contribution in [2.24, 2.45) is 5.73 Å². The number of fused-ring (bicyclic) bond motifs is 1. The zero-order chi connectivity index (χ0) is 13.1. The average molecular weight is 255 g/mol. The van der Waals surface area contributed by atoms with E-state index in [1.807, 2.05) is 24.3 Å². The summed E-state index contributed by atoms with van der Waals surface area (Å²) >= 11 is 0. The Bertz CT molecular complexity index is 691. The third-order valence-corrected chi connectivity index (χ3v) is 2.91. The van der Waals surface area contributed by atoms with Crippen LogP contribution in [-0.2, 0) is 13.1 Å². The van der Waals surface area contributed by atoms with Crippen molar-refractivity contribution in [3.8, 4) is 0 Å². The molecule has 0 aliphatic rings. The van der Waals surface area contributed by atoms with Gasteiger partial charge in [0.2, 0.25) is 0 Å². The molecular formula is C12H13N7. The Morgan fingerprint density at radius 1 is 1.16 bits per heavy atom. The van der Waals surface area contributed by atoms with Crippen LogP contribution in [0.1, 0.15) is 11.1 Å². The first-order valence-electron chi connectivity index (χ1n) is 5.91. The van der Waals surface area contributed by atoms with Crippen LogP contribution in [0.3, 0.4) is 0 Å². The summed E-state index contributed by atoms with van der Waals surface area (Å²) in [5, 5.41) is 14.6. The highest BCUT2D eigenvalue weighted by Crippen LogP contribution is 2.12. The van der Waals surface area contributed by atoms with Gasteiger partial charge in [-0.2, -0.15) is 4.52 Å². The van der Waals surface area contributed by atoms with Gasteiger partial charge in [-0.25, -0.2) is 0 Å². The molecule has 0 bridgehead atoms. The minimum absolute atomic E-state index is 0.519. The standard InChI is InChI=1S/C12H13N7/c13-5-9-3-1-2-4-10(9)6-15-11-7-14-8-12-16-17-18-19(11)12/h1-4,7-8,15H,5-6,13H2. The van der Waals surface area contributed by atoms with Crippen molar-refractivity contribution in [3.63, 3.8) is 0 Å². The zero-order valence-corrected chi connectivity index (χ0v) is 10.2. The molecular weight excluding hydrogens is 242 g/mol. The number of tetrazole rings is 1. The molecule has 0 aliphatic carbocycles. The monoisotopic (exact) mass is 255 g/mol. The summed E-state index contributed by atoms with van der Waals surface area (Å²) in [5.74, 6) is 0.745. The van der Waals surface area contributed by atoms with Crippen LogP contribution in [0.2, 0.25) is 0 Å². The fourth-order valence-electron chi connectivity index (χ4n) is 1.91. The smallest absolute Gasteiger partial charge is 0.199 e. The van der Waals surface area contributed by atoms with Gasteiger partial charge in [0.15, 0.2) is 11.5 Å². The second-order valence-electron chi connectivity index (χ2n) is 4.07. The van der Waals surface area contributed by atoms with E-state index < -0.39 is 0 Å². The SMILES string of the molecule is NCc1ccccc1CNc1cncc2nnnn12. The maximum atomic E-state index is 5.72. The highest BCUT2D eigenvalue weighted by Gasteiger charge is 2.05. The van der Waals surface area contributed by atoms with Crippen LogP contribution in [0.5, 0.6) is 0 Å². The van der Waals surface area contributed by atoms with Gasteiger partial charge >= 0.3 is 0 Å². The van der Waals surface area contributed by atoms with Crippen molar-refractivity contribution >= 4 is 11.5 Å². The van der Waals surface area contributed by atoms with E-state index in [1.54, 1.807) is 16.9 Å². The summed E-state index contributed by atoms with van der Waals surface area (Å²) in [6.45, 7) is 1.17. The van der Waals surface area contributed by atoms with E-state index in [4.69, 9.17) is 5.73 Å². The number of hydrogen-bond acceptors (Lipinski definition) is 6. The van der Waals surface area contributed by atoms with Crippen molar-refractivity contribution in [1.82, 2.24) is 25.0 Å². The molecule has 19 heavy (non-hydrogen) atoms. The molecule has 0 unspecified atom stereocenters. The van der Waals surface area contributed by atoms with Crippen LogP contribution >= 0.6 is 0 Å². The summed E-state index contributed by atoms with van der Waals surface area (Å²) in [4.78, 5) is 4.09. The summed E-state index contributed by atoms with van der Waals surface area (Å²) in [6.07, 6.45) is 3.30. The van der Waals surface area contributed by atoms with Crippen LogP contribution in [0.25, 0.3) is 5.65 Å². The molecule has 3 rings (SSSR count). The van der Waals surface area contributed by atoms with Gasteiger partial charge in [-0.05, 0) is 21.6 Å². The average Bonchev–Trinajstić information content (AvgIpc) is 2.94. The highest BCUT2D eigenvalue weighted by atomic mass is 15.5. The first kappa shape index (κ1) is 11.5. The second kappa shape index (κ2) is 4.99. The fraction of sp³-hybridized carbons (Fsp3) is 0.167. The van der Waals surface area contributed by atoms with Gasteiger partial charge in [0.1, 0.15) is 0 Å². The third kappa shape index (κ3) is 2.23. The van der Waals surface area contributed by atoms with Crippen molar-refractivity contribution < 1.29 is 0 Å². The number of anilines is 1. The summed E-state index contributed by atoms with van der Waals surface area (Å²) in [6, 6.07) is 8.04. The van der Waals surface area contributed by atoms with Gasteiger partial charge in [-0.1, -0.05) is 24.3 Å². The van der Waals surface area contributed by atoms with E-state index >= 15 is 0 Å². The van der Waals surface area contributed by atoms with Crippen molar-refractivity contribution in [3.05, 3.63) is 47.8 Å². The normalized spacial score (nSPS) is 10.8. The van der Waals surface area contributed by atoms with Gasteiger partial charge in [0.05, 0.1) is 12.4 Å². The molecule has 0 aliphatic heterocycles. The Morgan fingerprint density at radius 3 is 2.84 bits per heavy atom. The van der Waals surface area contributed by atoms with Crippen molar-refractivity contribution in [2.75, 3.05) is 5.32 Å². The van der Waals surface area contributed by atoms with Gasteiger partial charge < -0.3 is 11.1 Å². The molecule has 2 heterocycles. The molecule has 96 valence electrons. The van der Waals surface area contributed by atoms with E-state index in [9.17, 15) is 0 Å². The summed E-state index contributed by atoms with van der Waals surface area (Å²) in [7, 11) is 0. The molecule has 0 radical (unpaired) electrons. The van der Waals surface area contributed by atoms with Gasteiger partial charge in [-0.15, -0.1) is 5.10 Å². The minimum Gasteiger partial charge on any atom is -0.365 e. The quantitative estimate of drug-likeness (QED) is 0.708. The Hall–Kier alpha value is -2.54. The predicted octanol–water partition coefficient (Wildman–Crippen LogP) is 0.590. The minimum atomic E-state index is 0.519. The summed E-state index contributed by atoms with van der Waals surface area (Å²) in [5.41, 5.74) is 8.59. The molecule has 1 aromatic carbocycles. The topological polar surface area (TPSA) is 94.0 Å². The van der Waals surface area contributed by atoms with Crippen LogP contribution in [0.15, 0.2) is 36.7 Å². The second-order valence-corrected chi connectivity index (χ2v) is 4.07. The maximum Gasteiger partial charge on any atom is 0.199 e. The zero-order valence-electron chi connectivity index (χ0n) is 10.2. The van der Waals surface area contributed by atoms with E-state index in [0.717, 1.165) is 16.9 Å². The molecule has 3 aromatic rings. The van der Waals surface area contributed by atoms with E-state index in [0.29, 0.717) is 18.7 Å². The number of hydrogen-bond donors (Lipinski definition) is 2. The van der Waals surface area contributed by atoms with Crippen molar-refractivity contribution in [2.45, 2.75) is 13.1 Å². The molecule has 0 fully saturated rings. The first-order chi connectivity index (χ1) is 9.38. The number of rotatable bonds is 4. The molecule has 0 saturated heterocycles. The Kier molecular flexibility index (Phi) is 3.03. The molecule has 0 atom stereocenters. The number of nitrogens with zero attached hydrogens (tertiary/aromatic N) is 5. The lowest BCUT2D eigenvalue weighted by Crippen LogP contribution is -2.09. The fourth-order valence-corrected chi connectivity index (χ4v) is 1.91. The molecule has 3 N–H and O–H groups in total. The predicted molar refractivity (Wildman–Crippen MR) is 70.2 cm³/mol. The number of nitrogens with one attached hydrogen (secondary N) is 1. The Balaban J connectivity index is 1.84. The molecule has 7 nitrogen and oxygen atoms in total. The molecule has 7 heteroatoms. The molecule has 0 saturated carbocycles. The van der Waals surface area contributed by atoms with Gasteiger partial charge in [0.25, 0.3) is 0 Å². The largest absolute Gasteiger partial charge is 0.365 e. The van der Waals surface area contributed by atoms with Crippen LogP contribution in [0.4, 0.5) is 5.82 Å². The third-order valence-electron chi connectivity index (χ3n) is 2.91. The lowest BCUT2D eigenvalue weighted by atomic mass is 10.1. The van der Waals surface area contributed by atoms with E-state index in [2.05, 4.69) is 25.8 Å². The van der Waals surface area contributed by atoms with Crippen LogP contribution < -0.4 is 11.1 Å². The van der Waals surface area contributed by atoms with Gasteiger partial charge in [0, 0.05) is 13.1 Å².